The summed E-state index contributed by atoms with van der Waals surface area (Å²) in [4.78, 5) is 19.0. The third kappa shape index (κ3) is 2.72. The van der Waals surface area contributed by atoms with Gasteiger partial charge >= 0.3 is 0 Å². The lowest BCUT2D eigenvalue weighted by Gasteiger charge is -2.06. The first-order chi connectivity index (χ1) is 8.56. The molecule has 2 aromatic rings. The molecule has 3 N–H and O–H groups in total. The van der Waals surface area contributed by atoms with E-state index in [1.807, 2.05) is 0 Å². The van der Waals surface area contributed by atoms with Crippen LogP contribution in [0, 0.1) is 5.95 Å². The van der Waals surface area contributed by atoms with E-state index < -0.39 is 11.9 Å². The van der Waals surface area contributed by atoms with Gasteiger partial charge in [-0.05, 0) is 18.2 Å². The Hall–Kier alpha value is -2.21. The molecule has 2 heterocycles. The minimum atomic E-state index is -0.628. The van der Waals surface area contributed by atoms with Crippen molar-refractivity contribution in [1.82, 2.24) is 9.97 Å². The second-order valence-corrected chi connectivity index (χ2v) is 3.79. The van der Waals surface area contributed by atoms with Crippen LogP contribution in [0.15, 0.2) is 30.6 Å². The Morgan fingerprint density at radius 1 is 1.33 bits per heavy atom. The van der Waals surface area contributed by atoms with Gasteiger partial charge in [-0.15, -0.1) is 0 Å². The maximum absolute atomic E-state index is 12.6. The number of nitrogens with one attached hydrogen (secondary N) is 1. The zero-order chi connectivity index (χ0) is 13.1. The third-order valence-corrected chi connectivity index (χ3v) is 2.39. The van der Waals surface area contributed by atoms with Crippen molar-refractivity contribution < 1.29 is 9.18 Å². The lowest BCUT2D eigenvalue weighted by Crippen LogP contribution is -2.13. The van der Waals surface area contributed by atoms with E-state index >= 15 is 0 Å². The number of nitrogens with zero attached hydrogens (tertiary/aromatic N) is 2. The first-order valence-corrected chi connectivity index (χ1v) is 5.28. The van der Waals surface area contributed by atoms with Crippen molar-refractivity contribution in [3.8, 4) is 0 Å². The number of rotatable bonds is 2. The van der Waals surface area contributed by atoms with Gasteiger partial charge < -0.3 is 11.1 Å². The molecular weight excluding hydrogens is 259 g/mol. The molecule has 0 spiro atoms. The number of carbonyl (C=O) groups is 1. The minimum absolute atomic E-state index is 0.0387. The van der Waals surface area contributed by atoms with E-state index in [0.717, 1.165) is 6.07 Å². The molecule has 0 bridgehead atoms. The fourth-order valence-corrected chi connectivity index (χ4v) is 1.46. The molecule has 2 aromatic heterocycles. The topological polar surface area (TPSA) is 80.9 Å². The molecule has 0 aromatic carbocycles. The lowest BCUT2D eigenvalue weighted by molar-refractivity contribution is 0.102. The maximum Gasteiger partial charge on any atom is 0.258 e. The average molecular weight is 267 g/mol. The van der Waals surface area contributed by atoms with Gasteiger partial charge in [-0.3, -0.25) is 4.79 Å². The summed E-state index contributed by atoms with van der Waals surface area (Å²) in [6.45, 7) is 0. The molecule has 2 rings (SSSR count). The number of anilines is 2. The van der Waals surface area contributed by atoms with E-state index in [1.165, 1.54) is 24.5 Å². The van der Waals surface area contributed by atoms with Crippen LogP contribution in [0.2, 0.25) is 5.15 Å². The molecule has 5 nitrogen and oxygen atoms in total. The van der Waals surface area contributed by atoms with Gasteiger partial charge in [0.15, 0.2) is 0 Å². The predicted octanol–water partition coefficient (Wildman–Crippen LogP) is 2.10. The Morgan fingerprint density at radius 2 is 2.11 bits per heavy atom. The van der Waals surface area contributed by atoms with E-state index in [9.17, 15) is 9.18 Å². The van der Waals surface area contributed by atoms with Gasteiger partial charge in [-0.25, -0.2) is 9.97 Å². The van der Waals surface area contributed by atoms with Crippen molar-refractivity contribution in [3.63, 3.8) is 0 Å². The number of amides is 1. The number of hydrogen-bond acceptors (Lipinski definition) is 4. The van der Waals surface area contributed by atoms with Crippen LogP contribution in [0.1, 0.15) is 10.4 Å². The molecule has 0 aliphatic rings. The fourth-order valence-electron chi connectivity index (χ4n) is 1.27. The Balaban J connectivity index is 2.21. The van der Waals surface area contributed by atoms with E-state index in [2.05, 4.69) is 15.3 Å². The number of halogens is 2. The molecular formula is C11H8ClFN4O. The number of pyridine rings is 2. The number of hydrogen-bond donors (Lipinski definition) is 2. The summed E-state index contributed by atoms with van der Waals surface area (Å²) in [5, 5.41) is 2.54. The molecule has 0 saturated heterocycles. The molecule has 0 fully saturated rings. The average Bonchev–Trinajstić information content (AvgIpc) is 2.35. The number of nitrogen functional groups attached to an aromatic ring is 1. The summed E-state index contributed by atoms with van der Waals surface area (Å²) in [6.07, 6.45) is 2.54. The van der Waals surface area contributed by atoms with Gasteiger partial charge in [-0.2, -0.15) is 4.39 Å². The molecule has 1 amide bonds. The largest absolute Gasteiger partial charge is 0.397 e. The van der Waals surface area contributed by atoms with Crippen LogP contribution in [0.3, 0.4) is 0 Å². The second-order valence-electron chi connectivity index (χ2n) is 3.43. The van der Waals surface area contributed by atoms with Crippen molar-refractivity contribution >= 4 is 28.9 Å². The summed E-state index contributed by atoms with van der Waals surface area (Å²) in [5.41, 5.74) is 6.32. The molecule has 0 aliphatic carbocycles. The normalized spacial score (nSPS) is 10.1. The lowest BCUT2D eigenvalue weighted by atomic mass is 10.2. The van der Waals surface area contributed by atoms with E-state index in [0.29, 0.717) is 11.4 Å². The van der Waals surface area contributed by atoms with Crippen LogP contribution in [-0.2, 0) is 0 Å². The van der Waals surface area contributed by atoms with Crippen molar-refractivity contribution in [2.75, 3.05) is 11.1 Å². The van der Waals surface area contributed by atoms with Gasteiger partial charge in [0.25, 0.3) is 5.91 Å². The number of carbonyl (C=O) groups excluding carboxylic acids is 1. The van der Waals surface area contributed by atoms with Gasteiger partial charge in [0, 0.05) is 0 Å². The number of nitrogens with two attached hydrogens (primary N) is 1. The first kappa shape index (κ1) is 12.3. The highest BCUT2D eigenvalue weighted by Crippen LogP contribution is 2.17. The van der Waals surface area contributed by atoms with Crippen LogP contribution in [-0.4, -0.2) is 15.9 Å². The van der Waals surface area contributed by atoms with Gasteiger partial charge in [0.05, 0.1) is 29.3 Å². The SMILES string of the molecule is Nc1cnc(Cl)c(C(=O)Nc2ccc(F)nc2)c1. The van der Waals surface area contributed by atoms with Crippen LogP contribution in [0.5, 0.6) is 0 Å². The van der Waals surface area contributed by atoms with E-state index in [1.54, 1.807) is 0 Å². The van der Waals surface area contributed by atoms with E-state index in [4.69, 9.17) is 17.3 Å². The quantitative estimate of drug-likeness (QED) is 0.816. The van der Waals surface area contributed by atoms with Crippen LogP contribution in [0.4, 0.5) is 15.8 Å². The Bertz CT molecular complexity index is 588. The Morgan fingerprint density at radius 3 is 2.78 bits per heavy atom. The van der Waals surface area contributed by atoms with Crippen molar-refractivity contribution in [2.45, 2.75) is 0 Å². The Kier molecular flexibility index (Phi) is 3.38. The molecule has 0 unspecified atom stereocenters. The van der Waals surface area contributed by atoms with Crippen LogP contribution >= 0.6 is 11.6 Å². The second kappa shape index (κ2) is 4.97. The molecule has 0 radical (unpaired) electrons. The molecule has 0 saturated carbocycles. The summed E-state index contributed by atoms with van der Waals surface area (Å²) in [7, 11) is 0. The summed E-state index contributed by atoms with van der Waals surface area (Å²) in [6, 6.07) is 3.92. The predicted molar refractivity (Wildman–Crippen MR) is 65.8 cm³/mol. The van der Waals surface area contributed by atoms with Crippen molar-refractivity contribution in [1.29, 1.82) is 0 Å². The van der Waals surface area contributed by atoms with E-state index in [-0.39, 0.29) is 10.7 Å². The monoisotopic (exact) mass is 266 g/mol. The van der Waals surface area contributed by atoms with Crippen molar-refractivity contribution in [2.24, 2.45) is 0 Å². The van der Waals surface area contributed by atoms with Gasteiger partial charge in [0.1, 0.15) is 5.15 Å². The maximum atomic E-state index is 12.6. The minimum Gasteiger partial charge on any atom is -0.397 e. The highest BCUT2D eigenvalue weighted by molar-refractivity contribution is 6.33. The molecule has 0 aliphatic heterocycles. The highest BCUT2D eigenvalue weighted by atomic mass is 35.5. The highest BCUT2D eigenvalue weighted by Gasteiger charge is 2.12. The van der Waals surface area contributed by atoms with Gasteiger partial charge in [0.2, 0.25) is 5.95 Å². The fraction of sp³-hybridized carbons (Fsp3) is 0. The van der Waals surface area contributed by atoms with Crippen LogP contribution in [0.25, 0.3) is 0 Å². The number of aromatic nitrogens is 2. The summed E-state index contributed by atoms with van der Waals surface area (Å²) >= 11 is 5.78. The van der Waals surface area contributed by atoms with Gasteiger partial charge in [-0.1, -0.05) is 11.6 Å². The van der Waals surface area contributed by atoms with Crippen LogP contribution < -0.4 is 11.1 Å². The zero-order valence-corrected chi connectivity index (χ0v) is 9.78. The summed E-state index contributed by atoms with van der Waals surface area (Å²) < 4.78 is 12.6. The molecule has 7 heteroatoms. The van der Waals surface area contributed by atoms with Crippen molar-refractivity contribution in [3.05, 3.63) is 47.3 Å². The third-order valence-electron chi connectivity index (χ3n) is 2.09. The zero-order valence-electron chi connectivity index (χ0n) is 9.02. The molecule has 18 heavy (non-hydrogen) atoms. The Labute approximate surface area is 107 Å². The molecule has 92 valence electrons. The standard InChI is InChI=1S/C11H8ClFN4O/c12-10-8(3-6(14)4-16-10)11(18)17-7-1-2-9(13)15-5-7/h1-5H,14H2,(H,17,18). The smallest absolute Gasteiger partial charge is 0.258 e. The first-order valence-electron chi connectivity index (χ1n) is 4.90. The molecule has 0 atom stereocenters. The summed E-state index contributed by atoms with van der Waals surface area (Å²) in [5.74, 6) is -1.12.